The van der Waals surface area contributed by atoms with E-state index in [4.69, 9.17) is 16.1 Å². The lowest BCUT2D eigenvalue weighted by Gasteiger charge is -2.38. The molecule has 3 atom stereocenters. The molecule has 4 rings (SSSR count). The Morgan fingerprint density at radius 2 is 2.06 bits per heavy atom. The van der Waals surface area contributed by atoms with Crippen LogP contribution >= 0.6 is 22.9 Å². The highest BCUT2D eigenvalue weighted by molar-refractivity contribution is 7.09. The van der Waals surface area contributed by atoms with E-state index in [0.29, 0.717) is 27.3 Å². The second-order valence-corrected chi connectivity index (χ2v) is 12.2. The number of halogens is 1. The molecule has 1 N–H and O–H groups in total. The van der Waals surface area contributed by atoms with E-state index in [0.717, 1.165) is 5.56 Å². The minimum absolute atomic E-state index is 0.00312. The smallest absolute Gasteiger partial charge is 0.329 e. The van der Waals surface area contributed by atoms with Gasteiger partial charge in [-0.2, -0.15) is 4.98 Å². The van der Waals surface area contributed by atoms with Crippen molar-refractivity contribution in [1.82, 2.24) is 20.0 Å². The Labute approximate surface area is 219 Å². The molecule has 3 heterocycles. The number of thiazole rings is 1. The molecule has 1 saturated heterocycles. The molecular formula is C26H31ClN4O4S. The van der Waals surface area contributed by atoms with Crippen molar-refractivity contribution in [3.05, 3.63) is 62.6 Å². The Hall–Kier alpha value is -2.78. The molecule has 1 amide bonds. The van der Waals surface area contributed by atoms with Gasteiger partial charge in [-0.1, -0.05) is 57.4 Å². The predicted molar refractivity (Wildman–Crippen MR) is 137 cm³/mol. The van der Waals surface area contributed by atoms with Gasteiger partial charge in [-0.15, -0.1) is 11.3 Å². The number of aliphatic carboxylic acids is 1. The first kappa shape index (κ1) is 26.3. The molecule has 1 fully saturated rings. The fourth-order valence-electron chi connectivity index (χ4n) is 5.22. The van der Waals surface area contributed by atoms with Gasteiger partial charge in [0.15, 0.2) is 5.82 Å². The lowest BCUT2D eigenvalue weighted by Crippen LogP contribution is -2.54. The van der Waals surface area contributed by atoms with Gasteiger partial charge in [-0.25, -0.2) is 9.78 Å². The van der Waals surface area contributed by atoms with E-state index in [1.807, 2.05) is 46.1 Å². The number of likely N-dealkylation sites (tertiary alicyclic amines) is 1. The van der Waals surface area contributed by atoms with Gasteiger partial charge >= 0.3 is 5.97 Å². The maximum atomic E-state index is 14.3. The molecule has 36 heavy (non-hydrogen) atoms. The molecule has 0 radical (unpaired) electrons. The summed E-state index contributed by atoms with van der Waals surface area (Å²) in [5.74, 6) is -1.26. The molecule has 1 aliphatic heterocycles. The van der Waals surface area contributed by atoms with E-state index in [1.54, 1.807) is 25.3 Å². The van der Waals surface area contributed by atoms with Crippen LogP contribution in [0.5, 0.6) is 0 Å². The zero-order valence-electron chi connectivity index (χ0n) is 21.3. The Bertz CT molecular complexity index is 1270. The van der Waals surface area contributed by atoms with Crippen molar-refractivity contribution < 1.29 is 19.2 Å². The standard InChI is InChI=1S/C26H31ClN4O4S/c1-14(2)12-26(24(33)34)13-17(21-29-15(3)30-35-21)20(22-28-9-10-36-22)31(26)23(32)16-7-8-18(19(27)11-16)25(4,5)6/h7-11,14,17,20H,12-13H2,1-6H3,(H,33,34)/t17-,20-,26+/m1/s1. The molecule has 1 aliphatic rings. The van der Waals surface area contributed by atoms with Gasteiger partial charge in [0.2, 0.25) is 5.89 Å². The van der Waals surface area contributed by atoms with Gasteiger partial charge < -0.3 is 14.5 Å². The number of nitrogens with zero attached hydrogens (tertiary/aromatic N) is 4. The molecular weight excluding hydrogens is 500 g/mol. The van der Waals surface area contributed by atoms with Gasteiger partial charge in [0.05, 0.1) is 12.0 Å². The van der Waals surface area contributed by atoms with Crippen molar-refractivity contribution in [2.45, 2.75) is 77.3 Å². The monoisotopic (exact) mass is 530 g/mol. The summed E-state index contributed by atoms with van der Waals surface area (Å²) in [7, 11) is 0. The van der Waals surface area contributed by atoms with E-state index < -0.39 is 29.4 Å². The van der Waals surface area contributed by atoms with Crippen LogP contribution < -0.4 is 0 Å². The molecule has 0 bridgehead atoms. The van der Waals surface area contributed by atoms with Crippen LogP contribution in [0.3, 0.4) is 0 Å². The van der Waals surface area contributed by atoms with Crippen molar-refractivity contribution in [1.29, 1.82) is 0 Å². The van der Waals surface area contributed by atoms with Crippen LogP contribution in [0, 0.1) is 12.8 Å². The summed E-state index contributed by atoms with van der Waals surface area (Å²) in [5.41, 5.74) is -0.473. The van der Waals surface area contributed by atoms with Gasteiger partial charge in [0, 0.05) is 22.2 Å². The Balaban J connectivity index is 1.91. The molecule has 8 nitrogen and oxygen atoms in total. The molecule has 0 saturated carbocycles. The zero-order valence-corrected chi connectivity index (χ0v) is 22.9. The number of benzene rings is 1. The minimum Gasteiger partial charge on any atom is -0.479 e. The summed E-state index contributed by atoms with van der Waals surface area (Å²) in [6.45, 7) is 11.7. The third-order valence-corrected chi connectivity index (χ3v) is 7.79. The third kappa shape index (κ3) is 4.66. The number of carbonyl (C=O) groups excluding carboxylic acids is 1. The van der Waals surface area contributed by atoms with Crippen molar-refractivity contribution in [2.24, 2.45) is 5.92 Å². The third-order valence-electron chi connectivity index (χ3n) is 6.63. The molecule has 0 unspecified atom stereocenters. The number of aryl methyl sites for hydroxylation is 1. The van der Waals surface area contributed by atoms with Crippen LogP contribution in [0.2, 0.25) is 5.02 Å². The summed E-state index contributed by atoms with van der Waals surface area (Å²) in [4.78, 5) is 37.7. The van der Waals surface area contributed by atoms with E-state index in [9.17, 15) is 14.7 Å². The molecule has 3 aromatic rings. The Morgan fingerprint density at radius 1 is 1.33 bits per heavy atom. The summed E-state index contributed by atoms with van der Waals surface area (Å²) < 4.78 is 5.52. The van der Waals surface area contributed by atoms with Gasteiger partial charge in [0.1, 0.15) is 10.5 Å². The number of amides is 1. The maximum Gasteiger partial charge on any atom is 0.329 e. The highest BCUT2D eigenvalue weighted by Crippen LogP contribution is 2.54. The normalized spacial score (nSPS) is 22.4. The summed E-state index contributed by atoms with van der Waals surface area (Å²) >= 11 is 7.98. The number of carbonyl (C=O) groups is 2. The zero-order chi connectivity index (χ0) is 26.4. The van der Waals surface area contributed by atoms with Crippen LogP contribution in [-0.4, -0.2) is 42.5 Å². The lowest BCUT2D eigenvalue weighted by atomic mass is 9.83. The van der Waals surface area contributed by atoms with Crippen LogP contribution in [0.25, 0.3) is 0 Å². The Morgan fingerprint density at radius 3 is 2.56 bits per heavy atom. The van der Waals surface area contributed by atoms with Crippen LogP contribution in [0.1, 0.15) is 92.1 Å². The largest absolute Gasteiger partial charge is 0.479 e. The maximum absolute atomic E-state index is 14.3. The molecule has 0 aliphatic carbocycles. The van der Waals surface area contributed by atoms with E-state index in [2.05, 4.69) is 15.1 Å². The first-order valence-electron chi connectivity index (χ1n) is 11.9. The molecule has 0 spiro atoms. The number of rotatable bonds is 6. The van der Waals surface area contributed by atoms with Crippen molar-refractivity contribution in [3.63, 3.8) is 0 Å². The SMILES string of the molecule is Cc1noc([C@@H]2C[C@@](CC(C)C)(C(=O)O)N(C(=O)c3ccc(C(C)(C)C)c(Cl)c3)[C@H]2c2nccs2)n1. The fourth-order valence-corrected chi connectivity index (χ4v) is 6.48. The highest BCUT2D eigenvalue weighted by Gasteiger charge is 2.61. The van der Waals surface area contributed by atoms with Crippen LogP contribution in [0.15, 0.2) is 34.3 Å². The number of carboxylic acid groups (broad SMARTS) is 1. The summed E-state index contributed by atoms with van der Waals surface area (Å²) in [6, 6.07) is 4.51. The molecule has 2 aromatic heterocycles. The first-order chi connectivity index (χ1) is 16.8. The highest BCUT2D eigenvalue weighted by atomic mass is 35.5. The number of carboxylic acids is 1. The summed E-state index contributed by atoms with van der Waals surface area (Å²) in [5, 5.41) is 17.5. The Kier molecular flexibility index (Phi) is 7.00. The predicted octanol–water partition coefficient (Wildman–Crippen LogP) is 6.03. The molecule has 192 valence electrons. The fraction of sp³-hybridized carbons (Fsp3) is 0.500. The van der Waals surface area contributed by atoms with E-state index in [-0.39, 0.29) is 24.2 Å². The molecule has 1 aromatic carbocycles. The van der Waals surface area contributed by atoms with Crippen LogP contribution in [0.4, 0.5) is 0 Å². The second kappa shape index (κ2) is 9.59. The van der Waals surface area contributed by atoms with Crippen LogP contribution in [-0.2, 0) is 10.2 Å². The van der Waals surface area contributed by atoms with Crippen molar-refractivity contribution >= 4 is 34.8 Å². The van der Waals surface area contributed by atoms with Crippen molar-refractivity contribution in [3.8, 4) is 0 Å². The summed E-state index contributed by atoms with van der Waals surface area (Å²) in [6.07, 6.45) is 2.04. The van der Waals surface area contributed by atoms with Crippen molar-refractivity contribution in [2.75, 3.05) is 0 Å². The topological polar surface area (TPSA) is 109 Å². The lowest BCUT2D eigenvalue weighted by molar-refractivity contribution is -0.150. The average Bonchev–Trinajstić information content (AvgIpc) is 3.50. The first-order valence-corrected chi connectivity index (χ1v) is 13.2. The minimum atomic E-state index is -1.50. The number of hydrogen-bond acceptors (Lipinski definition) is 7. The number of aromatic nitrogens is 3. The molecule has 10 heteroatoms. The average molecular weight is 531 g/mol. The van der Waals surface area contributed by atoms with Gasteiger partial charge in [0.25, 0.3) is 5.91 Å². The second-order valence-electron chi connectivity index (χ2n) is 10.9. The quantitative estimate of drug-likeness (QED) is 0.414. The van der Waals surface area contributed by atoms with Gasteiger partial charge in [-0.3, -0.25) is 4.79 Å². The van der Waals surface area contributed by atoms with E-state index >= 15 is 0 Å². The van der Waals surface area contributed by atoms with Gasteiger partial charge in [-0.05, 0) is 48.8 Å². The van der Waals surface area contributed by atoms with E-state index in [1.165, 1.54) is 16.2 Å². The number of hydrogen-bond donors (Lipinski definition) is 1.